The molecule has 0 spiro atoms. The van der Waals surface area contributed by atoms with E-state index in [0.29, 0.717) is 30.5 Å². The monoisotopic (exact) mass is 236 g/mol. The highest BCUT2D eigenvalue weighted by molar-refractivity contribution is 5.95. The zero-order valence-electron chi connectivity index (χ0n) is 10.5. The number of nitrogens with zero attached hydrogens (tertiary/aromatic N) is 1. The minimum atomic E-state index is 0.0644. The highest BCUT2D eigenvalue weighted by Crippen LogP contribution is 2.27. The molecule has 0 unspecified atom stereocenters. The normalized spacial score (nSPS) is 15.7. The maximum atomic E-state index is 12.4. The van der Waals surface area contributed by atoms with Crippen LogP contribution in [0.25, 0.3) is 0 Å². The molecule has 1 aromatic rings. The Hall–Kier alpha value is -1.29. The summed E-state index contributed by atoms with van der Waals surface area (Å²) in [5.74, 6) is 1.55. The molecule has 0 aromatic carbocycles. The smallest absolute Gasteiger partial charge is 0.257 e. The van der Waals surface area contributed by atoms with Crippen molar-refractivity contribution >= 4 is 5.91 Å². The molecule has 0 saturated heterocycles. The molecular formula is C13H20N2O2. The Morgan fingerprint density at radius 2 is 2.24 bits per heavy atom. The molecule has 0 aliphatic heterocycles. The van der Waals surface area contributed by atoms with E-state index in [1.807, 2.05) is 24.8 Å². The van der Waals surface area contributed by atoms with Crippen molar-refractivity contribution in [3.8, 4) is 0 Å². The molecule has 94 valence electrons. The van der Waals surface area contributed by atoms with Crippen LogP contribution in [0, 0.1) is 13.8 Å². The van der Waals surface area contributed by atoms with Crippen molar-refractivity contribution in [2.75, 3.05) is 13.1 Å². The first-order valence-electron chi connectivity index (χ1n) is 6.21. The fourth-order valence-electron chi connectivity index (χ4n) is 2.29. The molecule has 1 aliphatic carbocycles. The van der Waals surface area contributed by atoms with Gasteiger partial charge in [-0.3, -0.25) is 4.79 Å². The summed E-state index contributed by atoms with van der Waals surface area (Å²) in [6.45, 7) is 4.84. The van der Waals surface area contributed by atoms with Crippen molar-refractivity contribution in [1.29, 1.82) is 0 Å². The molecule has 1 aromatic heterocycles. The van der Waals surface area contributed by atoms with E-state index in [2.05, 4.69) is 0 Å². The molecule has 2 N–H and O–H groups in total. The molecule has 1 saturated carbocycles. The predicted octanol–water partition coefficient (Wildman–Crippen LogP) is 1.85. The van der Waals surface area contributed by atoms with Crippen molar-refractivity contribution in [2.24, 2.45) is 5.73 Å². The third kappa shape index (κ3) is 2.36. The molecule has 2 rings (SSSR count). The Labute approximate surface area is 102 Å². The van der Waals surface area contributed by atoms with Crippen molar-refractivity contribution in [3.63, 3.8) is 0 Å². The number of furan rings is 1. The lowest BCUT2D eigenvalue weighted by molar-refractivity contribution is 0.0587. The number of carbonyl (C=O) groups is 1. The SMILES string of the molecule is Cc1cc(C(=O)N(CCN)C2CCC2)c(C)o1. The number of rotatable bonds is 4. The van der Waals surface area contributed by atoms with Gasteiger partial charge in [0.05, 0.1) is 5.56 Å². The van der Waals surface area contributed by atoms with Crippen LogP contribution in [0.1, 0.15) is 41.1 Å². The largest absolute Gasteiger partial charge is 0.466 e. The van der Waals surface area contributed by atoms with E-state index >= 15 is 0 Å². The molecule has 4 heteroatoms. The second-order valence-corrected chi connectivity index (χ2v) is 4.70. The van der Waals surface area contributed by atoms with Crippen molar-refractivity contribution in [3.05, 3.63) is 23.2 Å². The predicted molar refractivity (Wildman–Crippen MR) is 65.9 cm³/mol. The minimum absolute atomic E-state index is 0.0644. The summed E-state index contributed by atoms with van der Waals surface area (Å²) in [4.78, 5) is 14.3. The first-order valence-corrected chi connectivity index (χ1v) is 6.21. The Morgan fingerprint density at radius 1 is 1.53 bits per heavy atom. The summed E-state index contributed by atoms with van der Waals surface area (Å²) in [6.07, 6.45) is 3.41. The van der Waals surface area contributed by atoms with Gasteiger partial charge in [-0.15, -0.1) is 0 Å². The fourth-order valence-corrected chi connectivity index (χ4v) is 2.29. The van der Waals surface area contributed by atoms with Crippen LogP contribution in [0.3, 0.4) is 0 Å². The van der Waals surface area contributed by atoms with Gasteiger partial charge in [-0.1, -0.05) is 0 Å². The third-order valence-electron chi connectivity index (χ3n) is 3.42. The zero-order valence-corrected chi connectivity index (χ0v) is 10.5. The molecule has 17 heavy (non-hydrogen) atoms. The van der Waals surface area contributed by atoms with E-state index in [1.54, 1.807) is 0 Å². The third-order valence-corrected chi connectivity index (χ3v) is 3.42. The van der Waals surface area contributed by atoms with Gasteiger partial charge in [-0.05, 0) is 39.2 Å². The summed E-state index contributed by atoms with van der Waals surface area (Å²) < 4.78 is 5.42. The second-order valence-electron chi connectivity index (χ2n) is 4.70. The van der Waals surface area contributed by atoms with Gasteiger partial charge < -0.3 is 15.1 Å². The number of amides is 1. The molecular weight excluding hydrogens is 216 g/mol. The van der Waals surface area contributed by atoms with Crippen molar-refractivity contribution in [1.82, 2.24) is 4.90 Å². The highest BCUT2D eigenvalue weighted by atomic mass is 16.3. The highest BCUT2D eigenvalue weighted by Gasteiger charge is 2.30. The number of aryl methyl sites for hydroxylation is 2. The van der Waals surface area contributed by atoms with E-state index in [4.69, 9.17) is 10.2 Å². The Bertz CT molecular complexity index is 408. The Morgan fingerprint density at radius 3 is 2.65 bits per heavy atom. The molecule has 1 amide bonds. The molecule has 1 fully saturated rings. The quantitative estimate of drug-likeness (QED) is 0.868. The average molecular weight is 236 g/mol. The second kappa shape index (κ2) is 4.92. The van der Waals surface area contributed by atoms with Crippen LogP contribution in [0.15, 0.2) is 10.5 Å². The van der Waals surface area contributed by atoms with Crippen LogP contribution in [0.2, 0.25) is 0 Å². The van der Waals surface area contributed by atoms with Gasteiger partial charge in [-0.2, -0.15) is 0 Å². The van der Waals surface area contributed by atoms with Crippen molar-refractivity contribution < 1.29 is 9.21 Å². The summed E-state index contributed by atoms with van der Waals surface area (Å²) in [6, 6.07) is 2.19. The molecule has 4 nitrogen and oxygen atoms in total. The van der Waals surface area contributed by atoms with Crippen LogP contribution < -0.4 is 5.73 Å². The van der Waals surface area contributed by atoms with E-state index in [9.17, 15) is 4.79 Å². The molecule has 0 radical (unpaired) electrons. The van der Waals surface area contributed by atoms with Gasteiger partial charge in [0.2, 0.25) is 0 Å². The van der Waals surface area contributed by atoms with Crippen LogP contribution in [0.5, 0.6) is 0 Å². The fraction of sp³-hybridized carbons (Fsp3) is 0.615. The first kappa shape index (κ1) is 12.2. The molecule has 0 atom stereocenters. The van der Waals surface area contributed by atoms with Gasteiger partial charge in [0.25, 0.3) is 5.91 Å². The maximum absolute atomic E-state index is 12.4. The summed E-state index contributed by atoms with van der Waals surface area (Å²) in [5, 5.41) is 0. The van der Waals surface area contributed by atoms with Gasteiger partial charge in [-0.25, -0.2) is 0 Å². The standard InChI is InChI=1S/C13H20N2O2/c1-9-8-12(10(2)17-9)13(16)15(7-6-14)11-4-3-5-11/h8,11H,3-7,14H2,1-2H3. The summed E-state index contributed by atoms with van der Waals surface area (Å²) >= 11 is 0. The summed E-state index contributed by atoms with van der Waals surface area (Å²) in [7, 11) is 0. The van der Waals surface area contributed by atoms with Gasteiger partial charge in [0, 0.05) is 19.1 Å². The number of nitrogens with two attached hydrogens (primary N) is 1. The van der Waals surface area contributed by atoms with E-state index in [0.717, 1.165) is 18.6 Å². The lowest BCUT2D eigenvalue weighted by atomic mass is 9.91. The van der Waals surface area contributed by atoms with Crippen LogP contribution >= 0.6 is 0 Å². The van der Waals surface area contributed by atoms with Crippen LogP contribution in [0.4, 0.5) is 0 Å². The number of carbonyl (C=O) groups excluding carboxylic acids is 1. The van der Waals surface area contributed by atoms with Gasteiger partial charge in [0.15, 0.2) is 0 Å². The lowest BCUT2D eigenvalue weighted by Gasteiger charge is -2.37. The van der Waals surface area contributed by atoms with E-state index in [-0.39, 0.29) is 5.91 Å². The van der Waals surface area contributed by atoms with Crippen LogP contribution in [-0.4, -0.2) is 29.9 Å². The topological polar surface area (TPSA) is 59.5 Å². The Kier molecular flexibility index (Phi) is 3.52. The maximum Gasteiger partial charge on any atom is 0.257 e. The van der Waals surface area contributed by atoms with E-state index < -0.39 is 0 Å². The summed E-state index contributed by atoms with van der Waals surface area (Å²) in [5.41, 5.74) is 6.27. The first-order chi connectivity index (χ1) is 8.13. The molecule has 0 bridgehead atoms. The average Bonchev–Trinajstić information content (AvgIpc) is 2.53. The molecule has 1 aliphatic rings. The van der Waals surface area contributed by atoms with Crippen molar-refractivity contribution in [2.45, 2.75) is 39.2 Å². The van der Waals surface area contributed by atoms with Crippen LogP contribution in [-0.2, 0) is 0 Å². The molecule has 1 heterocycles. The van der Waals surface area contributed by atoms with Gasteiger partial charge >= 0.3 is 0 Å². The van der Waals surface area contributed by atoms with E-state index in [1.165, 1.54) is 6.42 Å². The Balaban J connectivity index is 2.17. The number of hydrogen-bond acceptors (Lipinski definition) is 3. The number of hydrogen-bond donors (Lipinski definition) is 1. The zero-order chi connectivity index (χ0) is 12.4. The van der Waals surface area contributed by atoms with Gasteiger partial charge in [0.1, 0.15) is 11.5 Å². The minimum Gasteiger partial charge on any atom is -0.466 e. The lowest BCUT2D eigenvalue weighted by Crippen LogP contribution is -2.46.